The van der Waals surface area contributed by atoms with Crippen LogP contribution in [0, 0.1) is 0 Å². The van der Waals surface area contributed by atoms with Crippen LogP contribution in [-0.4, -0.2) is 22.4 Å². The normalized spacial score (nSPS) is 13.2. The second-order valence-corrected chi connectivity index (χ2v) is 6.59. The summed E-state index contributed by atoms with van der Waals surface area (Å²) in [6.07, 6.45) is 1.94. The number of ketones is 2. The van der Waals surface area contributed by atoms with Gasteiger partial charge in [0.05, 0.1) is 0 Å². The minimum Gasteiger partial charge on any atom is -0.290 e. The van der Waals surface area contributed by atoms with E-state index in [1.54, 1.807) is 6.07 Å². The number of thioether (sulfide) groups is 1. The van der Waals surface area contributed by atoms with Gasteiger partial charge in [-0.3, -0.25) is 14.4 Å². The van der Waals surface area contributed by atoms with Crippen molar-refractivity contribution in [3.05, 3.63) is 70.8 Å². The van der Waals surface area contributed by atoms with Crippen molar-refractivity contribution >= 4 is 28.4 Å². The summed E-state index contributed by atoms with van der Waals surface area (Å²) in [4.78, 5) is 35.0. The summed E-state index contributed by atoms with van der Waals surface area (Å²) in [5.41, 5.74) is 3.23. The number of Topliss-reactive ketones (excluding diaryl/α,β-unsaturated/α-hetero) is 2. The van der Waals surface area contributed by atoms with Gasteiger partial charge >= 0.3 is 0 Å². The average Bonchev–Trinajstić information content (AvgIpc) is 2.86. The third-order valence-corrected chi connectivity index (χ3v) is 4.86. The van der Waals surface area contributed by atoms with E-state index in [9.17, 15) is 14.4 Å². The molecule has 0 atom stereocenters. The maximum absolute atomic E-state index is 12.0. The molecule has 3 nitrogen and oxygen atoms in total. The van der Waals surface area contributed by atoms with Gasteiger partial charge in [0.15, 0.2) is 0 Å². The van der Waals surface area contributed by atoms with Gasteiger partial charge in [-0.05, 0) is 24.0 Å². The van der Waals surface area contributed by atoms with E-state index in [2.05, 4.69) is 0 Å². The molecular formula is C19H16O3S. The molecule has 0 N–H and O–H groups in total. The van der Waals surface area contributed by atoms with Gasteiger partial charge in [0.2, 0.25) is 16.7 Å². The molecule has 0 radical (unpaired) electrons. The van der Waals surface area contributed by atoms with Gasteiger partial charge in [0, 0.05) is 23.3 Å². The first-order chi connectivity index (χ1) is 11.1. The van der Waals surface area contributed by atoms with Crippen molar-refractivity contribution in [1.29, 1.82) is 0 Å². The second kappa shape index (κ2) is 6.92. The van der Waals surface area contributed by atoms with Crippen LogP contribution in [0.2, 0.25) is 0 Å². The Balaban J connectivity index is 1.50. The number of carbonyl (C=O) groups is 3. The molecule has 116 valence electrons. The number of aryl methyl sites for hydroxylation is 1. The van der Waals surface area contributed by atoms with Gasteiger partial charge < -0.3 is 0 Å². The summed E-state index contributed by atoms with van der Waals surface area (Å²) in [6, 6.07) is 14.9. The monoisotopic (exact) mass is 324 g/mol. The summed E-state index contributed by atoms with van der Waals surface area (Å²) in [7, 11) is 0. The highest BCUT2D eigenvalue weighted by molar-refractivity contribution is 8.14. The number of hydrogen-bond donors (Lipinski definition) is 0. The van der Waals surface area contributed by atoms with E-state index in [4.69, 9.17) is 0 Å². The zero-order valence-electron chi connectivity index (χ0n) is 12.6. The molecule has 1 aliphatic carbocycles. The predicted octanol–water partition coefficient (Wildman–Crippen LogP) is 3.50. The van der Waals surface area contributed by atoms with Crippen molar-refractivity contribution in [1.82, 2.24) is 0 Å². The van der Waals surface area contributed by atoms with Crippen molar-refractivity contribution < 1.29 is 14.4 Å². The molecule has 0 spiro atoms. The van der Waals surface area contributed by atoms with Crippen LogP contribution in [-0.2, 0) is 17.6 Å². The molecular weight excluding hydrogens is 308 g/mol. The Hall–Kier alpha value is -2.20. The van der Waals surface area contributed by atoms with Crippen LogP contribution < -0.4 is 0 Å². The molecule has 2 aromatic carbocycles. The fourth-order valence-corrected chi connectivity index (χ4v) is 3.45. The standard InChI is InChI=1S/C19H16O3S/c20-17-12-15-11-13(8-9-16(15)18(17)21)5-4-10-23-19(22)14-6-2-1-3-7-14/h1-3,6-9,11H,4-5,10,12H2. The first kappa shape index (κ1) is 15.7. The van der Waals surface area contributed by atoms with Crippen molar-refractivity contribution in [2.75, 3.05) is 5.75 Å². The van der Waals surface area contributed by atoms with E-state index in [0.29, 0.717) is 5.56 Å². The van der Waals surface area contributed by atoms with Gasteiger partial charge in [-0.15, -0.1) is 0 Å². The maximum Gasteiger partial charge on any atom is 0.229 e. The SMILES string of the molecule is O=C1Cc2cc(CCCSC(=O)c3ccccc3)ccc2C1=O. The summed E-state index contributed by atoms with van der Waals surface area (Å²) in [5, 5.41) is 0.0933. The summed E-state index contributed by atoms with van der Waals surface area (Å²) >= 11 is 1.33. The van der Waals surface area contributed by atoms with E-state index in [0.717, 1.165) is 35.3 Å². The first-order valence-corrected chi connectivity index (χ1v) is 8.55. The topological polar surface area (TPSA) is 51.2 Å². The van der Waals surface area contributed by atoms with Crippen molar-refractivity contribution in [2.45, 2.75) is 19.3 Å². The third kappa shape index (κ3) is 3.59. The predicted molar refractivity (Wildman–Crippen MR) is 91.0 cm³/mol. The molecule has 0 bridgehead atoms. The molecule has 2 aromatic rings. The quantitative estimate of drug-likeness (QED) is 0.624. The van der Waals surface area contributed by atoms with Crippen LogP contribution in [0.3, 0.4) is 0 Å². The molecule has 0 unspecified atom stereocenters. The Kier molecular flexibility index (Phi) is 4.72. The summed E-state index contributed by atoms with van der Waals surface area (Å²) in [6.45, 7) is 0. The highest BCUT2D eigenvalue weighted by Crippen LogP contribution is 2.22. The maximum atomic E-state index is 12.0. The van der Waals surface area contributed by atoms with Gasteiger partial charge in [-0.25, -0.2) is 0 Å². The average molecular weight is 324 g/mol. The number of hydrogen-bond acceptors (Lipinski definition) is 4. The van der Waals surface area contributed by atoms with Crippen LogP contribution in [0.15, 0.2) is 48.5 Å². The van der Waals surface area contributed by atoms with Crippen LogP contribution in [0.1, 0.15) is 38.3 Å². The molecule has 0 heterocycles. The summed E-state index contributed by atoms with van der Waals surface area (Å²) < 4.78 is 0. The van der Waals surface area contributed by atoms with E-state index in [-0.39, 0.29) is 23.1 Å². The number of carbonyl (C=O) groups excluding carboxylic acids is 3. The van der Waals surface area contributed by atoms with Gasteiger partial charge in [0.25, 0.3) is 0 Å². The van der Waals surface area contributed by atoms with Gasteiger partial charge in [0.1, 0.15) is 0 Å². The first-order valence-electron chi connectivity index (χ1n) is 7.56. The van der Waals surface area contributed by atoms with Gasteiger partial charge in [-0.1, -0.05) is 60.3 Å². The lowest BCUT2D eigenvalue weighted by Crippen LogP contribution is -2.05. The summed E-state index contributed by atoms with van der Waals surface area (Å²) in [5.74, 6) is 0.0691. The van der Waals surface area contributed by atoms with Gasteiger partial charge in [-0.2, -0.15) is 0 Å². The fraction of sp³-hybridized carbons (Fsp3) is 0.211. The van der Waals surface area contributed by atoms with Crippen molar-refractivity contribution in [2.24, 2.45) is 0 Å². The van der Waals surface area contributed by atoms with Crippen LogP contribution >= 0.6 is 11.8 Å². The number of fused-ring (bicyclic) bond motifs is 1. The van der Waals surface area contributed by atoms with Crippen molar-refractivity contribution in [3.63, 3.8) is 0 Å². The van der Waals surface area contributed by atoms with Crippen LogP contribution in [0.25, 0.3) is 0 Å². The minimum atomic E-state index is -0.365. The molecule has 3 rings (SSSR count). The van der Waals surface area contributed by atoms with E-state index >= 15 is 0 Å². The molecule has 4 heteroatoms. The third-order valence-electron chi connectivity index (χ3n) is 3.87. The molecule has 0 aromatic heterocycles. The molecule has 0 amide bonds. The Bertz CT molecular complexity index is 765. The zero-order chi connectivity index (χ0) is 16.2. The highest BCUT2D eigenvalue weighted by atomic mass is 32.2. The Morgan fingerprint density at radius 1 is 1.04 bits per heavy atom. The van der Waals surface area contributed by atoms with Crippen LogP contribution in [0.4, 0.5) is 0 Å². The van der Waals surface area contributed by atoms with E-state index in [1.807, 2.05) is 42.5 Å². The molecule has 0 aliphatic heterocycles. The Morgan fingerprint density at radius 2 is 1.83 bits per heavy atom. The van der Waals surface area contributed by atoms with E-state index in [1.165, 1.54) is 11.8 Å². The lowest BCUT2D eigenvalue weighted by Gasteiger charge is -2.04. The lowest BCUT2D eigenvalue weighted by molar-refractivity contribution is -0.114. The van der Waals surface area contributed by atoms with Crippen LogP contribution in [0.5, 0.6) is 0 Å². The number of benzene rings is 2. The minimum absolute atomic E-state index is 0.0933. The zero-order valence-corrected chi connectivity index (χ0v) is 13.4. The molecule has 23 heavy (non-hydrogen) atoms. The molecule has 0 fully saturated rings. The molecule has 0 saturated carbocycles. The smallest absolute Gasteiger partial charge is 0.229 e. The Labute approximate surface area is 139 Å². The largest absolute Gasteiger partial charge is 0.290 e. The van der Waals surface area contributed by atoms with E-state index < -0.39 is 0 Å². The lowest BCUT2D eigenvalue weighted by atomic mass is 10.0. The Morgan fingerprint density at radius 3 is 2.61 bits per heavy atom. The second-order valence-electron chi connectivity index (χ2n) is 5.53. The molecule has 0 saturated heterocycles. The molecule has 1 aliphatic rings. The fourth-order valence-electron chi connectivity index (χ4n) is 2.67. The highest BCUT2D eigenvalue weighted by Gasteiger charge is 2.27. The number of rotatable bonds is 5. The van der Waals surface area contributed by atoms with Crippen molar-refractivity contribution in [3.8, 4) is 0 Å².